The lowest BCUT2D eigenvalue weighted by atomic mass is 10.1. The van der Waals surface area contributed by atoms with Gasteiger partial charge in [-0.05, 0) is 36.8 Å². The number of hydrogen-bond donors (Lipinski definition) is 2. The molecule has 8 nitrogen and oxygen atoms in total. The van der Waals surface area contributed by atoms with Crippen LogP contribution in [0.25, 0.3) is 10.9 Å². The van der Waals surface area contributed by atoms with Gasteiger partial charge in [0.25, 0.3) is 5.56 Å². The van der Waals surface area contributed by atoms with E-state index in [1.54, 1.807) is 31.2 Å². The van der Waals surface area contributed by atoms with Crippen LogP contribution in [0.4, 0.5) is 0 Å². The van der Waals surface area contributed by atoms with Gasteiger partial charge in [0, 0.05) is 35.1 Å². The topological polar surface area (TPSA) is 109 Å². The normalized spacial score (nSPS) is 13.3. The number of halogens is 1. The molecule has 158 valence electrons. The zero-order valence-electron chi connectivity index (χ0n) is 16.0. The molecule has 0 atom stereocenters. The SMILES string of the molecule is Cc1ccc(S(=O)(=O)N(CCO)Cc2cc3cc4c(cc3[nH]c2=O)OCO4)cc1Cl. The van der Waals surface area contributed by atoms with E-state index in [2.05, 4.69) is 4.98 Å². The number of benzene rings is 2. The van der Waals surface area contributed by atoms with Crippen molar-refractivity contribution in [3.8, 4) is 11.5 Å². The molecule has 3 aromatic rings. The molecule has 0 spiro atoms. The number of sulfonamides is 1. The maximum absolute atomic E-state index is 13.1. The number of hydrogen-bond acceptors (Lipinski definition) is 6. The Bertz CT molecular complexity index is 1290. The molecule has 2 N–H and O–H groups in total. The standard InChI is InChI=1S/C20H19ClN2O6S/c1-12-2-3-15(8-16(12)21)30(26,27)23(4-5-24)10-14-6-13-7-18-19(29-11-28-18)9-17(13)22-20(14)25/h2-3,6-9,24H,4-5,10-11H2,1H3,(H,22,25). The van der Waals surface area contributed by atoms with E-state index in [1.165, 1.54) is 12.1 Å². The first-order valence-electron chi connectivity index (χ1n) is 9.12. The molecule has 0 saturated heterocycles. The van der Waals surface area contributed by atoms with E-state index in [0.29, 0.717) is 27.4 Å². The van der Waals surface area contributed by atoms with Crippen molar-refractivity contribution in [3.63, 3.8) is 0 Å². The van der Waals surface area contributed by atoms with Crippen molar-refractivity contribution in [2.24, 2.45) is 0 Å². The highest BCUT2D eigenvalue weighted by molar-refractivity contribution is 7.89. The number of ether oxygens (including phenoxy) is 2. The summed E-state index contributed by atoms with van der Waals surface area (Å²) in [5.74, 6) is 1.08. The largest absolute Gasteiger partial charge is 0.454 e. The van der Waals surface area contributed by atoms with E-state index in [0.717, 1.165) is 9.87 Å². The first kappa shape index (κ1) is 20.7. The number of aliphatic hydroxyl groups excluding tert-OH is 1. The second-order valence-electron chi connectivity index (χ2n) is 6.89. The molecule has 1 aliphatic rings. The fraction of sp³-hybridized carbons (Fsp3) is 0.250. The number of aliphatic hydroxyl groups is 1. The monoisotopic (exact) mass is 450 g/mol. The average Bonchev–Trinajstić information content (AvgIpc) is 3.15. The van der Waals surface area contributed by atoms with E-state index < -0.39 is 22.2 Å². The fourth-order valence-electron chi connectivity index (χ4n) is 3.23. The van der Waals surface area contributed by atoms with Crippen molar-refractivity contribution in [2.45, 2.75) is 18.4 Å². The fourth-order valence-corrected chi connectivity index (χ4v) is 4.91. The van der Waals surface area contributed by atoms with Crippen LogP contribution in [-0.4, -0.2) is 42.8 Å². The van der Waals surface area contributed by atoms with Gasteiger partial charge in [-0.25, -0.2) is 8.42 Å². The Labute approximate surface area is 177 Å². The Morgan fingerprint density at radius 2 is 1.90 bits per heavy atom. The molecule has 2 aromatic carbocycles. The number of rotatable bonds is 6. The zero-order valence-corrected chi connectivity index (χ0v) is 17.6. The van der Waals surface area contributed by atoms with Gasteiger partial charge in [0.2, 0.25) is 16.8 Å². The maximum Gasteiger partial charge on any atom is 0.252 e. The van der Waals surface area contributed by atoms with Gasteiger partial charge < -0.3 is 19.6 Å². The first-order chi connectivity index (χ1) is 14.3. The zero-order chi connectivity index (χ0) is 21.5. The van der Waals surface area contributed by atoms with Crippen LogP contribution in [0.1, 0.15) is 11.1 Å². The van der Waals surface area contributed by atoms with E-state index in [-0.39, 0.29) is 30.3 Å². The highest BCUT2D eigenvalue weighted by Gasteiger charge is 2.26. The quantitative estimate of drug-likeness (QED) is 0.597. The summed E-state index contributed by atoms with van der Waals surface area (Å²) in [7, 11) is -3.99. The minimum absolute atomic E-state index is 0.00728. The van der Waals surface area contributed by atoms with Crippen LogP contribution in [0.5, 0.6) is 11.5 Å². The van der Waals surface area contributed by atoms with Crippen LogP contribution >= 0.6 is 11.6 Å². The maximum atomic E-state index is 13.1. The van der Waals surface area contributed by atoms with E-state index >= 15 is 0 Å². The van der Waals surface area contributed by atoms with Gasteiger partial charge in [-0.15, -0.1) is 0 Å². The molecule has 0 bridgehead atoms. The van der Waals surface area contributed by atoms with Crippen LogP contribution in [0.3, 0.4) is 0 Å². The van der Waals surface area contributed by atoms with Crippen LogP contribution in [0, 0.1) is 6.92 Å². The van der Waals surface area contributed by atoms with Gasteiger partial charge >= 0.3 is 0 Å². The lowest BCUT2D eigenvalue weighted by Crippen LogP contribution is -2.35. The highest BCUT2D eigenvalue weighted by Crippen LogP contribution is 2.35. The summed E-state index contributed by atoms with van der Waals surface area (Å²) >= 11 is 6.09. The molecule has 0 unspecified atom stereocenters. The molecule has 0 aliphatic carbocycles. The third-order valence-electron chi connectivity index (χ3n) is 4.89. The highest BCUT2D eigenvalue weighted by atomic mass is 35.5. The molecule has 30 heavy (non-hydrogen) atoms. The summed E-state index contributed by atoms with van der Waals surface area (Å²) in [6, 6.07) is 9.42. The summed E-state index contributed by atoms with van der Waals surface area (Å²) in [4.78, 5) is 15.3. The molecule has 0 amide bonds. The number of aryl methyl sites for hydroxylation is 1. The molecule has 0 fully saturated rings. The Balaban J connectivity index is 1.73. The van der Waals surface area contributed by atoms with Crippen molar-refractivity contribution in [2.75, 3.05) is 19.9 Å². The minimum Gasteiger partial charge on any atom is -0.454 e. The third-order valence-corrected chi connectivity index (χ3v) is 7.14. The smallest absolute Gasteiger partial charge is 0.252 e. The Morgan fingerprint density at radius 1 is 1.17 bits per heavy atom. The predicted octanol–water partition coefficient (Wildman–Crippen LogP) is 2.40. The van der Waals surface area contributed by atoms with Gasteiger partial charge in [-0.1, -0.05) is 17.7 Å². The molecule has 1 aromatic heterocycles. The lowest BCUT2D eigenvalue weighted by molar-refractivity contribution is 0.174. The molecule has 1 aliphatic heterocycles. The molecule has 0 saturated carbocycles. The second kappa shape index (κ2) is 7.92. The van der Waals surface area contributed by atoms with Crippen LogP contribution in [0.15, 0.2) is 46.1 Å². The minimum atomic E-state index is -3.99. The number of nitrogens with one attached hydrogen (secondary N) is 1. The number of pyridine rings is 1. The molecule has 4 rings (SSSR count). The summed E-state index contributed by atoms with van der Waals surface area (Å²) in [5.41, 5.74) is 1.10. The van der Waals surface area contributed by atoms with Crippen LogP contribution in [-0.2, 0) is 16.6 Å². The molecular formula is C20H19ClN2O6S. The number of nitrogens with zero attached hydrogens (tertiary/aromatic N) is 1. The van der Waals surface area contributed by atoms with Crippen molar-refractivity contribution in [1.29, 1.82) is 0 Å². The number of aromatic amines is 1. The lowest BCUT2D eigenvalue weighted by Gasteiger charge is -2.21. The Kier molecular flexibility index (Phi) is 5.46. The van der Waals surface area contributed by atoms with Gasteiger partial charge in [0.05, 0.1) is 17.0 Å². The molecular weight excluding hydrogens is 432 g/mol. The summed E-state index contributed by atoms with van der Waals surface area (Å²) in [6.45, 7) is 1.08. The Morgan fingerprint density at radius 3 is 2.60 bits per heavy atom. The van der Waals surface area contributed by atoms with E-state index in [1.807, 2.05) is 0 Å². The Hall–Kier alpha value is -2.59. The molecule has 10 heteroatoms. The second-order valence-corrected chi connectivity index (χ2v) is 9.23. The number of fused-ring (bicyclic) bond motifs is 2. The van der Waals surface area contributed by atoms with Gasteiger partial charge in [-0.2, -0.15) is 4.31 Å². The molecule has 0 radical (unpaired) electrons. The summed E-state index contributed by atoms with van der Waals surface area (Å²) in [6.07, 6.45) is 0. The van der Waals surface area contributed by atoms with Gasteiger partial charge in [0.1, 0.15) is 0 Å². The first-order valence-corrected chi connectivity index (χ1v) is 10.9. The van der Waals surface area contributed by atoms with E-state index in [9.17, 15) is 18.3 Å². The van der Waals surface area contributed by atoms with Crippen LogP contribution in [0.2, 0.25) is 5.02 Å². The third kappa shape index (κ3) is 3.77. The van der Waals surface area contributed by atoms with Crippen molar-refractivity contribution in [1.82, 2.24) is 9.29 Å². The van der Waals surface area contributed by atoms with Crippen molar-refractivity contribution >= 4 is 32.5 Å². The van der Waals surface area contributed by atoms with E-state index in [4.69, 9.17) is 21.1 Å². The summed E-state index contributed by atoms with van der Waals surface area (Å²) in [5, 5.41) is 10.4. The van der Waals surface area contributed by atoms with Gasteiger partial charge in [0.15, 0.2) is 11.5 Å². The molecule has 2 heterocycles. The van der Waals surface area contributed by atoms with Crippen LogP contribution < -0.4 is 15.0 Å². The van der Waals surface area contributed by atoms with Crippen molar-refractivity contribution in [3.05, 3.63) is 62.9 Å². The van der Waals surface area contributed by atoms with Gasteiger partial charge in [-0.3, -0.25) is 4.79 Å². The number of aromatic nitrogens is 1. The average molecular weight is 451 g/mol. The number of H-pyrrole nitrogens is 1. The summed E-state index contributed by atoms with van der Waals surface area (Å²) < 4.78 is 38.0. The van der Waals surface area contributed by atoms with Crippen molar-refractivity contribution < 1.29 is 23.0 Å². The predicted molar refractivity (Wildman–Crippen MR) is 112 cm³/mol.